The van der Waals surface area contributed by atoms with E-state index in [0.29, 0.717) is 5.82 Å². The number of hydrogen-bond acceptors (Lipinski definition) is 5. The molecule has 0 radical (unpaired) electrons. The van der Waals surface area contributed by atoms with Crippen LogP contribution in [0.2, 0.25) is 0 Å². The first kappa shape index (κ1) is 15.0. The van der Waals surface area contributed by atoms with Crippen LogP contribution in [-0.4, -0.2) is 28.3 Å². The van der Waals surface area contributed by atoms with Gasteiger partial charge in [0.15, 0.2) is 0 Å². The van der Waals surface area contributed by atoms with Gasteiger partial charge in [0.25, 0.3) is 0 Å². The second kappa shape index (κ2) is 5.07. The Kier molecular flexibility index (Phi) is 3.46. The molecular weight excluding hydrogens is 277 g/mol. The number of pyridine rings is 2. The highest BCUT2D eigenvalue weighted by atomic mass is 16.7. The van der Waals surface area contributed by atoms with Crippen LogP contribution in [0.1, 0.15) is 27.7 Å². The van der Waals surface area contributed by atoms with Gasteiger partial charge in [0.2, 0.25) is 0 Å². The summed E-state index contributed by atoms with van der Waals surface area (Å²) in [6.07, 6.45) is 3.54. The maximum atomic E-state index is 6.00. The van der Waals surface area contributed by atoms with Gasteiger partial charge in [0, 0.05) is 23.5 Å². The second-order valence-corrected chi connectivity index (χ2v) is 6.53. The van der Waals surface area contributed by atoms with Gasteiger partial charge in [-0.1, -0.05) is 6.07 Å². The Hall–Kier alpha value is -1.92. The number of nitrogens with zero attached hydrogens (tertiary/aromatic N) is 2. The molecule has 2 aromatic heterocycles. The highest BCUT2D eigenvalue weighted by Gasteiger charge is 2.52. The van der Waals surface area contributed by atoms with Crippen LogP contribution in [0.3, 0.4) is 0 Å². The summed E-state index contributed by atoms with van der Waals surface area (Å²) in [5.41, 5.74) is 7.60. The van der Waals surface area contributed by atoms with E-state index in [0.717, 1.165) is 16.7 Å². The first-order chi connectivity index (χ1) is 10.3. The normalized spacial score (nSPS) is 19.4. The fourth-order valence-electron chi connectivity index (χ4n) is 2.26. The fourth-order valence-corrected chi connectivity index (χ4v) is 2.26. The van der Waals surface area contributed by atoms with Crippen LogP contribution < -0.4 is 11.3 Å². The van der Waals surface area contributed by atoms with E-state index in [9.17, 15) is 0 Å². The van der Waals surface area contributed by atoms with Crippen molar-refractivity contribution in [1.29, 1.82) is 0 Å². The van der Waals surface area contributed by atoms with E-state index in [1.54, 1.807) is 18.5 Å². The van der Waals surface area contributed by atoms with Crippen LogP contribution in [0.5, 0.6) is 0 Å². The van der Waals surface area contributed by atoms with Crippen LogP contribution in [0.25, 0.3) is 11.1 Å². The number of hydrogen-bond donors (Lipinski definition) is 1. The number of anilines is 1. The SMILES string of the molecule is CC1(C)OB(c2ccc(-c3ccc(N)nc3)cn2)OC1(C)C. The number of aromatic nitrogens is 2. The van der Waals surface area contributed by atoms with Gasteiger partial charge in [-0.15, -0.1) is 0 Å². The minimum Gasteiger partial charge on any atom is -0.398 e. The topological polar surface area (TPSA) is 70.3 Å². The molecule has 5 nitrogen and oxygen atoms in total. The summed E-state index contributed by atoms with van der Waals surface area (Å²) in [4.78, 5) is 8.58. The van der Waals surface area contributed by atoms with Crippen LogP contribution in [0.15, 0.2) is 36.7 Å². The van der Waals surface area contributed by atoms with Crippen LogP contribution in [-0.2, 0) is 9.31 Å². The molecule has 0 bridgehead atoms. The Labute approximate surface area is 131 Å². The van der Waals surface area contributed by atoms with Crippen molar-refractivity contribution in [3.8, 4) is 11.1 Å². The molecular formula is C16H20BN3O2. The molecule has 6 heteroatoms. The lowest BCUT2D eigenvalue weighted by Gasteiger charge is -2.32. The van der Waals surface area contributed by atoms with Gasteiger partial charge in [0.1, 0.15) is 5.82 Å². The molecule has 1 saturated heterocycles. The second-order valence-electron chi connectivity index (χ2n) is 6.53. The molecule has 0 unspecified atom stereocenters. The molecule has 1 aliphatic heterocycles. The zero-order chi connectivity index (χ0) is 16.0. The molecule has 0 amide bonds. The molecule has 2 aromatic rings. The summed E-state index contributed by atoms with van der Waals surface area (Å²) in [6.45, 7) is 8.12. The van der Waals surface area contributed by atoms with Crippen molar-refractivity contribution in [3.05, 3.63) is 36.7 Å². The van der Waals surface area contributed by atoms with Gasteiger partial charge in [-0.2, -0.15) is 0 Å². The molecule has 0 aromatic carbocycles. The Morgan fingerprint density at radius 2 is 1.41 bits per heavy atom. The summed E-state index contributed by atoms with van der Waals surface area (Å²) < 4.78 is 12.0. The van der Waals surface area contributed by atoms with Crippen molar-refractivity contribution in [1.82, 2.24) is 9.97 Å². The minimum atomic E-state index is -0.441. The molecule has 0 atom stereocenters. The summed E-state index contributed by atoms with van der Waals surface area (Å²) >= 11 is 0. The number of rotatable bonds is 2. The Balaban J connectivity index is 1.82. The molecule has 0 spiro atoms. The molecule has 1 fully saturated rings. The van der Waals surface area contributed by atoms with Crippen molar-refractivity contribution in [2.24, 2.45) is 0 Å². The van der Waals surface area contributed by atoms with Gasteiger partial charge in [0.05, 0.1) is 16.8 Å². The van der Waals surface area contributed by atoms with E-state index in [1.165, 1.54) is 0 Å². The smallest absolute Gasteiger partial charge is 0.398 e. The van der Waals surface area contributed by atoms with Gasteiger partial charge in [-0.25, -0.2) is 4.98 Å². The lowest BCUT2D eigenvalue weighted by molar-refractivity contribution is 0.00578. The monoisotopic (exact) mass is 297 g/mol. The first-order valence-electron chi connectivity index (χ1n) is 7.32. The maximum absolute atomic E-state index is 6.00. The largest absolute Gasteiger partial charge is 0.514 e. The predicted octanol–water partition coefficient (Wildman–Crippen LogP) is 2.02. The average Bonchev–Trinajstić information content (AvgIpc) is 2.68. The third-order valence-corrected chi connectivity index (χ3v) is 4.40. The van der Waals surface area contributed by atoms with Crippen LogP contribution >= 0.6 is 0 Å². The van der Waals surface area contributed by atoms with E-state index in [1.807, 2.05) is 45.9 Å². The van der Waals surface area contributed by atoms with Crippen molar-refractivity contribution in [2.75, 3.05) is 5.73 Å². The molecule has 2 N–H and O–H groups in total. The predicted molar refractivity (Wildman–Crippen MR) is 87.6 cm³/mol. The summed E-state index contributed by atoms with van der Waals surface area (Å²) in [6, 6.07) is 7.61. The van der Waals surface area contributed by atoms with E-state index in [2.05, 4.69) is 9.97 Å². The number of nitrogens with two attached hydrogens (primary N) is 1. The average molecular weight is 297 g/mol. The van der Waals surface area contributed by atoms with Crippen molar-refractivity contribution < 1.29 is 9.31 Å². The van der Waals surface area contributed by atoms with Gasteiger partial charge < -0.3 is 15.0 Å². The van der Waals surface area contributed by atoms with Crippen LogP contribution in [0, 0.1) is 0 Å². The molecule has 0 saturated carbocycles. The fraction of sp³-hybridized carbons (Fsp3) is 0.375. The molecule has 0 aliphatic carbocycles. The van der Waals surface area contributed by atoms with E-state index in [-0.39, 0.29) is 11.2 Å². The molecule has 3 rings (SSSR count). The van der Waals surface area contributed by atoms with Crippen molar-refractivity contribution in [2.45, 2.75) is 38.9 Å². The summed E-state index contributed by atoms with van der Waals surface area (Å²) in [7, 11) is -0.441. The third kappa shape index (κ3) is 2.60. The Morgan fingerprint density at radius 3 is 1.86 bits per heavy atom. The third-order valence-electron chi connectivity index (χ3n) is 4.40. The van der Waals surface area contributed by atoms with Gasteiger partial charge in [-0.3, -0.25) is 4.98 Å². The molecule has 1 aliphatic rings. The summed E-state index contributed by atoms with van der Waals surface area (Å²) in [5.74, 6) is 0.505. The van der Waals surface area contributed by atoms with Crippen LogP contribution in [0.4, 0.5) is 5.82 Å². The standard InChI is InChI=1S/C16H20BN3O2/c1-15(2)16(3,4)22-17(21-15)13-7-5-11(9-19-13)12-6-8-14(18)20-10-12/h5-10H,1-4H3,(H2,18,20). The van der Waals surface area contributed by atoms with Gasteiger partial charge >= 0.3 is 7.12 Å². The minimum absolute atomic E-state index is 0.362. The zero-order valence-electron chi connectivity index (χ0n) is 13.3. The molecule has 114 valence electrons. The first-order valence-corrected chi connectivity index (χ1v) is 7.32. The molecule has 22 heavy (non-hydrogen) atoms. The zero-order valence-corrected chi connectivity index (χ0v) is 13.3. The Morgan fingerprint density at radius 1 is 0.864 bits per heavy atom. The van der Waals surface area contributed by atoms with Crippen molar-refractivity contribution in [3.63, 3.8) is 0 Å². The van der Waals surface area contributed by atoms with Crippen molar-refractivity contribution >= 4 is 18.5 Å². The lowest BCUT2D eigenvalue weighted by atomic mass is 9.84. The summed E-state index contributed by atoms with van der Waals surface area (Å²) in [5, 5.41) is 0. The highest BCUT2D eigenvalue weighted by molar-refractivity contribution is 6.61. The lowest BCUT2D eigenvalue weighted by Crippen LogP contribution is -2.41. The quantitative estimate of drug-likeness (QED) is 0.859. The Bertz CT molecular complexity index is 653. The van der Waals surface area contributed by atoms with Gasteiger partial charge in [-0.05, 0) is 45.9 Å². The number of nitrogen functional groups attached to an aromatic ring is 1. The highest BCUT2D eigenvalue weighted by Crippen LogP contribution is 2.36. The van der Waals surface area contributed by atoms with E-state index < -0.39 is 7.12 Å². The van der Waals surface area contributed by atoms with E-state index in [4.69, 9.17) is 15.0 Å². The van der Waals surface area contributed by atoms with E-state index >= 15 is 0 Å². The molecule has 3 heterocycles. The maximum Gasteiger partial charge on any atom is 0.514 e.